The molecule has 0 aromatic heterocycles. The van der Waals surface area contributed by atoms with Gasteiger partial charge in [-0.2, -0.15) is 0 Å². The van der Waals surface area contributed by atoms with Gasteiger partial charge in [0.15, 0.2) is 0 Å². The van der Waals surface area contributed by atoms with Crippen LogP contribution < -0.4 is 5.73 Å². The Bertz CT molecular complexity index is 182. The third-order valence-electron chi connectivity index (χ3n) is 3.12. The van der Waals surface area contributed by atoms with Crippen molar-refractivity contribution in [1.29, 1.82) is 0 Å². The predicted octanol–water partition coefficient (Wildman–Crippen LogP) is 0.840. The van der Waals surface area contributed by atoms with Gasteiger partial charge in [-0.05, 0) is 31.2 Å². The van der Waals surface area contributed by atoms with E-state index in [0.717, 1.165) is 32.4 Å². The van der Waals surface area contributed by atoms with Gasteiger partial charge in [-0.3, -0.25) is 4.79 Å². The Hall–Kier alpha value is -0.570. The number of hydrogen-bond donors (Lipinski definition) is 1. The first-order chi connectivity index (χ1) is 6.15. The SMILES string of the molecule is CC(CCN)C1CCN(C)C(=O)C1. The molecule has 0 saturated carbocycles. The van der Waals surface area contributed by atoms with Gasteiger partial charge in [0.1, 0.15) is 0 Å². The summed E-state index contributed by atoms with van der Waals surface area (Å²) in [6, 6.07) is 0. The monoisotopic (exact) mass is 184 g/mol. The molecule has 1 heterocycles. The molecule has 1 saturated heterocycles. The summed E-state index contributed by atoms with van der Waals surface area (Å²) in [6.07, 6.45) is 2.91. The number of carbonyl (C=O) groups is 1. The molecule has 1 aliphatic heterocycles. The molecule has 1 rings (SSSR count). The molecule has 0 aromatic carbocycles. The molecule has 0 bridgehead atoms. The average Bonchev–Trinajstić information content (AvgIpc) is 2.10. The van der Waals surface area contributed by atoms with Crippen LogP contribution in [-0.4, -0.2) is 30.9 Å². The van der Waals surface area contributed by atoms with Crippen LogP contribution in [0, 0.1) is 11.8 Å². The molecule has 76 valence electrons. The number of piperidine rings is 1. The topological polar surface area (TPSA) is 46.3 Å². The van der Waals surface area contributed by atoms with Crippen molar-refractivity contribution in [3.05, 3.63) is 0 Å². The molecule has 0 radical (unpaired) electrons. The summed E-state index contributed by atoms with van der Waals surface area (Å²) in [6.45, 7) is 3.86. The van der Waals surface area contributed by atoms with Gasteiger partial charge in [-0.25, -0.2) is 0 Å². The van der Waals surface area contributed by atoms with Crippen LogP contribution in [0.4, 0.5) is 0 Å². The highest BCUT2D eigenvalue weighted by molar-refractivity contribution is 5.76. The standard InChI is InChI=1S/C10H20N2O/c1-8(3-5-11)9-4-6-12(2)10(13)7-9/h8-9H,3-7,11H2,1-2H3. The maximum Gasteiger partial charge on any atom is 0.222 e. The molecule has 3 heteroatoms. The van der Waals surface area contributed by atoms with Crippen LogP contribution in [0.3, 0.4) is 0 Å². The Kier molecular flexibility index (Phi) is 3.72. The highest BCUT2D eigenvalue weighted by atomic mass is 16.2. The second-order valence-corrected chi connectivity index (χ2v) is 4.12. The van der Waals surface area contributed by atoms with Gasteiger partial charge in [-0.15, -0.1) is 0 Å². The van der Waals surface area contributed by atoms with Crippen molar-refractivity contribution in [2.24, 2.45) is 17.6 Å². The molecule has 2 N–H and O–H groups in total. The first-order valence-electron chi connectivity index (χ1n) is 5.09. The quantitative estimate of drug-likeness (QED) is 0.706. The fourth-order valence-corrected chi connectivity index (χ4v) is 1.95. The number of rotatable bonds is 3. The number of carbonyl (C=O) groups excluding carboxylic acids is 1. The summed E-state index contributed by atoms with van der Waals surface area (Å²) in [5, 5.41) is 0. The van der Waals surface area contributed by atoms with E-state index in [4.69, 9.17) is 5.73 Å². The fourth-order valence-electron chi connectivity index (χ4n) is 1.95. The van der Waals surface area contributed by atoms with E-state index in [2.05, 4.69) is 6.92 Å². The van der Waals surface area contributed by atoms with Gasteiger partial charge in [0.25, 0.3) is 0 Å². The van der Waals surface area contributed by atoms with Gasteiger partial charge >= 0.3 is 0 Å². The van der Waals surface area contributed by atoms with Gasteiger partial charge in [-0.1, -0.05) is 6.92 Å². The lowest BCUT2D eigenvalue weighted by molar-refractivity contribution is -0.134. The fraction of sp³-hybridized carbons (Fsp3) is 0.900. The Balaban J connectivity index is 2.40. The Labute approximate surface area is 80.3 Å². The molecular weight excluding hydrogens is 164 g/mol. The van der Waals surface area contributed by atoms with E-state index in [1.165, 1.54) is 0 Å². The minimum Gasteiger partial charge on any atom is -0.346 e. The molecule has 2 unspecified atom stereocenters. The van der Waals surface area contributed by atoms with Crippen molar-refractivity contribution in [3.63, 3.8) is 0 Å². The molecule has 0 spiro atoms. The van der Waals surface area contributed by atoms with Gasteiger partial charge in [0.05, 0.1) is 0 Å². The summed E-state index contributed by atoms with van der Waals surface area (Å²) in [4.78, 5) is 13.2. The normalized spacial score (nSPS) is 26.2. The minimum atomic E-state index is 0.292. The maximum atomic E-state index is 11.4. The molecule has 1 amide bonds. The molecule has 2 atom stereocenters. The second kappa shape index (κ2) is 4.61. The number of nitrogens with zero attached hydrogens (tertiary/aromatic N) is 1. The van der Waals surface area contributed by atoms with E-state index in [0.29, 0.717) is 17.7 Å². The Morgan fingerprint density at radius 1 is 1.69 bits per heavy atom. The van der Waals surface area contributed by atoms with Crippen molar-refractivity contribution in [2.45, 2.75) is 26.2 Å². The summed E-state index contributed by atoms with van der Waals surface area (Å²) >= 11 is 0. The summed E-state index contributed by atoms with van der Waals surface area (Å²) in [5.41, 5.74) is 5.50. The lowest BCUT2D eigenvalue weighted by Crippen LogP contribution is -2.37. The molecule has 1 aliphatic rings. The number of amides is 1. The lowest BCUT2D eigenvalue weighted by Gasteiger charge is -2.32. The third-order valence-corrected chi connectivity index (χ3v) is 3.12. The highest BCUT2D eigenvalue weighted by Gasteiger charge is 2.26. The third kappa shape index (κ3) is 2.69. The van der Waals surface area contributed by atoms with Crippen molar-refractivity contribution in [3.8, 4) is 0 Å². The number of likely N-dealkylation sites (tertiary alicyclic amines) is 1. The van der Waals surface area contributed by atoms with Crippen LogP contribution in [0.15, 0.2) is 0 Å². The number of nitrogens with two attached hydrogens (primary N) is 1. The van der Waals surface area contributed by atoms with E-state index in [1.807, 2.05) is 11.9 Å². The molecular formula is C10H20N2O. The highest BCUT2D eigenvalue weighted by Crippen LogP contribution is 2.26. The average molecular weight is 184 g/mol. The first kappa shape index (κ1) is 10.5. The Morgan fingerprint density at radius 3 is 2.92 bits per heavy atom. The van der Waals surface area contributed by atoms with Crippen LogP contribution in [0.5, 0.6) is 0 Å². The first-order valence-corrected chi connectivity index (χ1v) is 5.09. The summed E-state index contributed by atoms with van der Waals surface area (Å²) in [7, 11) is 1.88. The Morgan fingerprint density at radius 2 is 2.38 bits per heavy atom. The van der Waals surface area contributed by atoms with Crippen LogP contribution in [0.25, 0.3) is 0 Å². The van der Waals surface area contributed by atoms with E-state index >= 15 is 0 Å². The zero-order chi connectivity index (χ0) is 9.84. The van der Waals surface area contributed by atoms with Crippen LogP contribution in [0.2, 0.25) is 0 Å². The zero-order valence-corrected chi connectivity index (χ0v) is 8.62. The van der Waals surface area contributed by atoms with Crippen molar-refractivity contribution < 1.29 is 4.79 Å². The second-order valence-electron chi connectivity index (χ2n) is 4.12. The zero-order valence-electron chi connectivity index (χ0n) is 8.62. The van der Waals surface area contributed by atoms with E-state index in [9.17, 15) is 4.79 Å². The van der Waals surface area contributed by atoms with Crippen LogP contribution in [-0.2, 0) is 4.79 Å². The van der Waals surface area contributed by atoms with Gasteiger partial charge in [0.2, 0.25) is 5.91 Å². The lowest BCUT2D eigenvalue weighted by atomic mass is 9.83. The molecule has 0 aliphatic carbocycles. The number of hydrogen-bond acceptors (Lipinski definition) is 2. The molecule has 1 fully saturated rings. The maximum absolute atomic E-state index is 11.4. The van der Waals surface area contributed by atoms with E-state index in [-0.39, 0.29) is 0 Å². The van der Waals surface area contributed by atoms with Crippen molar-refractivity contribution >= 4 is 5.91 Å². The van der Waals surface area contributed by atoms with Crippen molar-refractivity contribution in [1.82, 2.24) is 4.90 Å². The largest absolute Gasteiger partial charge is 0.346 e. The molecule has 13 heavy (non-hydrogen) atoms. The van der Waals surface area contributed by atoms with Gasteiger partial charge in [0, 0.05) is 20.0 Å². The minimum absolute atomic E-state index is 0.292. The van der Waals surface area contributed by atoms with Crippen LogP contribution in [0.1, 0.15) is 26.2 Å². The summed E-state index contributed by atoms with van der Waals surface area (Å²) < 4.78 is 0. The molecule has 0 aromatic rings. The van der Waals surface area contributed by atoms with E-state index < -0.39 is 0 Å². The van der Waals surface area contributed by atoms with Crippen molar-refractivity contribution in [2.75, 3.05) is 20.1 Å². The summed E-state index contributed by atoms with van der Waals surface area (Å²) in [5.74, 6) is 1.45. The van der Waals surface area contributed by atoms with Crippen LogP contribution >= 0.6 is 0 Å². The van der Waals surface area contributed by atoms with Gasteiger partial charge < -0.3 is 10.6 Å². The predicted molar refractivity (Wildman–Crippen MR) is 53.2 cm³/mol. The molecule has 3 nitrogen and oxygen atoms in total. The van der Waals surface area contributed by atoms with E-state index in [1.54, 1.807) is 0 Å². The smallest absolute Gasteiger partial charge is 0.222 e.